The van der Waals surface area contributed by atoms with Crippen LogP contribution in [0.4, 0.5) is 28.9 Å². The van der Waals surface area contributed by atoms with Gasteiger partial charge in [0, 0.05) is 22.7 Å². The predicted molar refractivity (Wildman–Crippen MR) is 120 cm³/mol. The molecule has 172 valence electrons. The molecule has 0 aliphatic carbocycles. The standard InChI is InChI=1S/C23H17ClF4N2O2S/c24-19-12-17-18(33-19)6-1-2-11-30(17)22(32)13-7-9-14(10-8-13)29-21(31)15-4-3-5-16(20(15)25)23(26,27)28/h3-5,7-10,12H,1-2,6,11H2,(H,29,31). The molecule has 1 aliphatic heterocycles. The third kappa shape index (κ3) is 4.89. The van der Waals surface area contributed by atoms with Crippen LogP contribution in [0.2, 0.25) is 4.34 Å². The van der Waals surface area contributed by atoms with Crippen LogP contribution in [0.25, 0.3) is 0 Å². The number of amides is 2. The molecule has 10 heteroatoms. The molecule has 0 saturated carbocycles. The zero-order valence-electron chi connectivity index (χ0n) is 17.0. The number of nitrogens with zero attached hydrogens (tertiary/aromatic N) is 1. The van der Waals surface area contributed by atoms with Crippen molar-refractivity contribution in [2.75, 3.05) is 16.8 Å². The summed E-state index contributed by atoms with van der Waals surface area (Å²) in [5, 5.41) is 2.37. The molecule has 0 spiro atoms. The Morgan fingerprint density at radius 1 is 1.06 bits per heavy atom. The van der Waals surface area contributed by atoms with Crippen LogP contribution in [0.1, 0.15) is 44.0 Å². The molecule has 0 bridgehead atoms. The second-order valence-electron chi connectivity index (χ2n) is 7.47. The fourth-order valence-electron chi connectivity index (χ4n) is 3.66. The summed E-state index contributed by atoms with van der Waals surface area (Å²) >= 11 is 7.59. The van der Waals surface area contributed by atoms with Crippen molar-refractivity contribution >= 4 is 46.1 Å². The van der Waals surface area contributed by atoms with Crippen molar-refractivity contribution in [3.05, 3.63) is 80.3 Å². The van der Waals surface area contributed by atoms with Crippen LogP contribution in [0.3, 0.4) is 0 Å². The number of nitrogens with one attached hydrogen (secondary N) is 1. The molecule has 4 rings (SSSR count). The first-order valence-corrected chi connectivity index (χ1v) is 11.2. The van der Waals surface area contributed by atoms with Crippen molar-refractivity contribution in [1.29, 1.82) is 0 Å². The molecule has 1 aliphatic rings. The van der Waals surface area contributed by atoms with Crippen LogP contribution < -0.4 is 10.2 Å². The van der Waals surface area contributed by atoms with Gasteiger partial charge in [0.25, 0.3) is 11.8 Å². The number of thiophene rings is 1. The zero-order valence-corrected chi connectivity index (χ0v) is 18.6. The van der Waals surface area contributed by atoms with Gasteiger partial charge in [0.2, 0.25) is 0 Å². The zero-order chi connectivity index (χ0) is 23.8. The minimum Gasteiger partial charge on any atom is -0.322 e. The van der Waals surface area contributed by atoms with Crippen LogP contribution in [0.15, 0.2) is 48.5 Å². The largest absolute Gasteiger partial charge is 0.419 e. The van der Waals surface area contributed by atoms with Crippen LogP contribution in [0.5, 0.6) is 0 Å². The van der Waals surface area contributed by atoms with Crippen LogP contribution in [0, 0.1) is 5.82 Å². The number of hydrogen-bond donors (Lipinski definition) is 1. The molecule has 33 heavy (non-hydrogen) atoms. The number of carbonyl (C=O) groups is 2. The first-order valence-electron chi connectivity index (χ1n) is 10.0. The summed E-state index contributed by atoms with van der Waals surface area (Å²) < 4.78 is 53.5. The number of alkyl halides is 3. The summed E-state index contributed by atoms with van der Waals surface area (Å²) in [6.07, 6.45) is -2.26. The highest BCUT2D eigenvalue weighted by Crippen LogP contribution is 2.37. The highest BCUT2D eigenvalue weighted by atomic mass is 35.5. The molecule has 0 atom stereocenters. The molecular formula is C23H17ClF4N2O2S. The van der Waals surface area contributed by atoms with E-state index in [-0.39, 0.29) is 11.6 Å². The topological polar surface area (TPSA) is 49.4 Å². The SMILES string of the molecule is O=C(Nc1ccc(C(=O)N2CCCCc3sc(Cl)cc32)cc1)c1cccc(C(F)(F)F)c1F. The van der Waals surface area contributed by atoms with Gasteiger partial charge >= 0.3 is 6.18 Å². The molecule has 0 saturated heterocycles. The molecule has 1 aromatic heterocycles. The lowest BCUT2D eigenvalue weighted by Crippen LogP contribution is -2.31. The minimum atomic E-state index is -4.91. The summed E-state index contributed by atoms with van der Waals surface area (Å²) in [7, 11) is 0. The van der Waals surface area contributed by atoms with E-state index >= 15 is 0 Å². The summed E-state index contributed by atoms with van der Waals surface area (Å²) in [5.41, 5.74) is -0.861. The Labute approximate surface area is 195 Å². The maximum absolute atomic E-state index is 14.2. The number of carbonyl (C=O) groups excluding carboxylic acids is 2. The fourth-order valence-corrected chi connectivity index (χ4v) is 4.97. The summed E-state index contributed by atoms with van der Waals surface area (Å²) in [6.45, 7) is 0.548. The van der Waals surface area contributed by atoms with Gasteiger partial charge in [0.05, 0.1) is 21.2 Å². The number of fused-ring (bicyclic) bond motifs is 1. The predicted octanol–water partition coefficient (Wildman–Crippen LogP) is 6.79. The normalized spacial score (nSPS) is 13.9. The average Bonchev–Trinajstić information content (AvgIpc) is 3.02. The Morgan fingerprint density at radius 2 is 1.79 bits per heavy atom. The summed E-state index contributed by atoms with van der Waals surface area (Å²) in [4.78, 5) is 28.2. The van der Waals surface area contributed by atoms with E-state index in [4.69, 9.17) is 11.6 Å². The number of anilines is 2. The summed E-state index contributed by atoms with van der Waals surface area (Å²) in [6, 6.07) is 10.2. The Balaban J connectivity index is 1.51. The van der Waals surface area contributed by atoms with E-state index < -0.39 is 29.0 Å². The van der Waals surface area contributed by atoms with Gasteiger partial charge in [-0.05, 0) is 61.7 Å². The molecule has 0 unspecified atom stereocenters. The van der Waals surface area contributed by atoms with Gasteiger partial charge in [-0.25, -0.2) is 4.39 Å². The van der Waals surface area contributed by atoms with E-state index in [9.17, 15) is 27.2 Å². The lowest BCUT2D eigenvalue weighted by molar-refractivity contribution is -0.140. The first kappa shape index (κ1) is 23.3. The second kappa shape index (κ2) is 9.15. The van der Waals surface area contributed by atoms with Gasteiger partial charge in [0.15, 0.2) is 0 Å². The highest BCUT2D eigenvalue weighted by Gasteiger charge is 2.35. The van der Waals surface area contributed by atoms with Gasteiger partial charge in [-0.2, -0.15) is 13.2 Å². The maximum Gasteiger partial charge on any atom is 0.419 e. The molecule has 0 radical (unpaired) electrons. The quantitative estimate of drug-likeness (QED) is 0.406. The van der Waals surface area contributed by atoms with Crippen molar-refractivity contribution < 1.29 is 27.2 Å². The molecule has 3 aromatic rings. The van der Waals surface area contributed by atoms with E-state index in [2.05, 4.69) is 5.32 Å². The smallest absolute Gasteiger partial charge is 0.322 e. The Bertz CT molecular complexity index is 1210. The van der Waals surface area contributed by atoms with E-state index in [1.54, 1.807) is 11.0 Å². The van der Waals surface area contributed by atoms with Gasteiger partial charge in [0.1, 0.15) is 5.82 Å². The molecule has 4 nitrogen and oxygen atoms in total. The lowest BCUT2D eigenvalue weighted by atomic mass is 10.1. The molecular weight excluding hydrogens is 480 g/mol. The van der Waals surface area contributed by atoms with Crippen LogP contribution in [-0.4, -0.2) is 18.4 Å². The number of aryl methyl sites for hydroxylation is 1. The van der Waals surface area contributed by atoms with Crippen LogP contribution in [-0.2, 0) is 12.6 Å². The Hall–Kier alpha value is -2.91. The molecule has 0 fully saturated rings. The van der Waals surface area contributed by atoms with Gasteiger partial charge in [-0.15, -0.1) is 11.3 Å². The lowest BCUT2D eigenvalue weighted by Gasteiger charge is -2.21. The highest BCUT2D eigenvalue weighted by molar-refractivity contribution is 7.16. The number of hydrogen-bond acceptors (Lipinski definition) is 3. The van der Waals surface area contributed by atoms with Crippen molar-refractivity contribution in [2.45, 2.75) is 25.4 Å². The van der Waals surface area contributed by atoms with Crippen molar-refractivity contribution in [3.63, 3.8) is 0 Å². The number of benzene rings is 2. The number of halogens is 5. The van der Waals surface area contributed by atoms with Gasteiger partial charge in [-0.1, -0.05) is 17.7 Å². The third-order valence-corrected chi connectivity index (χ3v) is 6.58. The van der Waals surface area contributed by atoms with Gasteiger partial charge in [-0.3, -0.25) is 9.59 Å². The van der Waals surface area contributed by atoms with Gasteiger partial charge < -0.3 is 10.2 Å². The first-order chi connectivity index (χ1) is 15.6. The second-order valence-corrected chi connectivity index (χ2v) is 9.24. The Kier molecular flexibility index (Phi) is 6.45. The van der Waals surface area contributed by atoms with E-state index in [1.807, 2.05) is 0 Å². The number of rotatable bonds is 3. The average molecular weight is 497 g/mol. The fraction of sp³-hybridized carbons (Fsp3) is 0.217. The van der Waals surface area contributed by atoms with Crippen molar-refractivity contribution in [2.24, 2.45) is 0 Å². The summed E-state index contributed by atoms with van der Waals surface area (Å²) in [5.74, 6) is -2.89. The molecule has 2 amide bonds. The van der Waals surface area contributed by atoms with E-state index in [0.717, 1.165) is 42.0 Å². The maximum atomic E-state index is 14.2. The van der Waals surface area contributed by atoms with E-state index in [1.165, 1.54) is 35.6 Å². The molecule has 2 heterocycles. The van der Waals surface area contributed by atoms with Crippen molar-refractivity contribution in [1.82, 2.24) is 0 Å². The third-order valence-electron chi connectivity index (χ3n) is 5.27. The van der Waals surface area contributed by atoms with E-state index in [0.29, 0.717) is 22.5 Å². The van der Waals surface area contributed by atoms with Crippen molar-refractivity contribution in [3.8, 4) is 0 Å². The molecule has 2 aromatic carbocycles. The minimum absolute atomic E-state index is 0.212. The monoisotopic (exact) mass is 496 g/mol. The Morgan fingerprint density at radius 3 is 2.48 bits per heavy atom. The molecule has 1 N–H and O–H groups in total. The van der Waals surface area contributed by atoms with Crippen LogP contribution >= 0.6 is 22.9 Å².